The van der Waals surface area contributed by atoms with E-state index in [2.05, 4.69) is 30.3 Å². The maximum Gasteiger partial charge on any atom is 0.0637 e. The Bertz CT molecular complexity index is 354. The molecule has 3 nitrogen and oxygen atoms in total. The molecule has 0 saturated heterocycles. The molecule has 1 aromatic heterocycles. The quantitative estimate of drug-likeness (QED) is 0.869. The summed E-state index contributed by atoms with van der Waals surface area (Å²) in [6.07, 6.45) is 8.51. The number of aromatic nitrogens is 2. The third-order valence-electron chi connectivity index (χ3n) is 4.05. The molecule has 1 fully saturated rings. The van der Waals surface area contributed by atoms with E-state index in [-0.39, 0.29) is 0 Å². The molecule has 96 valence electrons. The molecule has 0 bridgehead atoms. The SMILES string of the molecule is Cn1ccc(CCNC2CCCCC2(C)C)n1. The summed E-state index contributed by atoms with van der Waals surface area (Å²) in [5.74, 6) is 0. The van der Waals surface area contributed by atoms with Crippen molar-refractivity contribution in [1.82, 2.24) is 15.1 Å². The van der Waals surface area contributed by atoms with Gasteiger partial charge in [0, 0.05) is 32.3 Å². The first-order valence-electron chi connectivity index (χ1n) is 6.80. The first-order chi connectivity index (χ1) is 8.08. The van der Waals surface area contributed by atoms with Crippen LogP contribution in [0.25, 0.3) is 0 Å². The van der Waals surface area contributed by atoms with Crippen LogP contribution in [0.4, 0.5) is 0 Å². The van der Waals surface area contributed by atoms with Gasteiger partial charge in [0.15, 0.2) is 0 Å². The van der Waals surface area contributed by atoms with Crippen LogP contribution in [0.1, 0.15) is 45.2 Å². The molecule has 1 atom stereocenters. The van der Waals surface area contributed by atoms with Gasteiger partial charge in [-0.2, -0.15) is 5.10 Å². The Labute approximate surface area is 105 Å². The van der Waals surface area contributed by atoms with Gasteiger partial charge in [0.1, 0.15) is 0 Å². The Morgan fingerprint density at radius 3 is 2.94 bits per heavy atom. The lowest BCUT2D eigenvalue weighted by Crippen LogP contribution is -2.44. The topological polar surface area (TPSA) is 29.9 Å². The van der Waals surface area contributed by atoms with E-state index < -0.39 is 0 Å². The largest absolute Gasteiger partial charge is 0.313 e. The highest BCUT2D eigenvalue weighted by atomic mass is 15.2. The van der Waals surface area contributed by atoms with Gasteiger partial charge in [0.25, 0.3) is 0 Å². The van der Waals surface area contributed by atoms with Crippen LogP contribution in [-0.2, 0) is 13.5 Å². The van der Waals surface area contributed by atoms with E-state index in [1.807, 2.05) is 17.9 Å². The summed E-state index contributed by atoms with van der Waals surface area (Å²) in [5.41, 5.74) is 1.65. The molecule has 1 N–H and O–H groups in total. The van der Waals surface area contributed by atoms with Crippen LogP contribution >= 0.6 is 0 Å². The van der Waals surface area contributed by atoms with Crippen molar-refractivity contribution >= 4 is 0 Å². The molecule has 0 radical (unpaired) electrons. The van der Waals surface area contributed by atoms with Gasteiger partial charge in [-0.3, -0.25) is 4.68 Å². The van der Waals surface area contributed by atoms with Gasteiger partial charge in [-0.05, 0) is 24.3 Å². The molecule has 1 heterocycles. The van der Waals surface area contributed by atoms with Gasteiger partial charge in [0.05, 0.1) is 5.69 Å². The Hall–Kier alpha value is -0.830. The number of hydrogen-bond donors (Lipinski definition) is 1. The van der Waals surface area contributed by atoms with Crippen LogP contribution in [0, 0.1) is 5.41 Å². The van der Waals surface area contributed by atoms with Crippen molar-refractivity contribution in [2.24, 2.45) is 12.5 Å². The number of nitrogens with zero attached hydrogens (tertiary/aromatic N) is 2. The zero-order valence-electron chi connectivity index (χ0n) is 11.4. The third kappa shape index (κ3) is 3.32. The first-order valence-corrected chi connectivity index (χ1v) is 6.80. The second kappa shape index (κ2) is 5.21. The van der Waals surface area contributed by atoms with Gasteiger partial charge in [-0.1, -0.05) is 26.7 Å². The lowest BCUT2D eigenvalue weighted by atomic mass is 9.73. The average Bonchev–Trinajstić information content (AvgIpc) is 2.67. The minimum Gasteiger partial charge on any atom is -0.313 e. The smallest absolute Gasteiger partial charge is 0.0637 e. The molecule has 1 aliphatic carbocycles. The maximum absolute atomic E-state index is 4.41. The number of rotatable bonds is 4. The lowest BCUT2D eigenvalue weighted by molar-refractivity contribution is 0.169. The molecule has 1 unspecified atom stereocenters. The fourth-order valence-corrected chi connectivity index (χ4v) is 2.84. The highest BCUT2D eigenvalue weighted by Crippen LogP contribution is 2.35. The molecular formula is C14H25N3. The highest BCUT2D eigenvalue weighted by Gasteiger charge is 2.31. The van der Waals surface area contributed by atoms with Gasteiger partial charge < -0.3 is 5.32 Å². The van der Waals surface area contributed by atoms with Crippen LogP contribution in [0.15, 0.2) is 12.3 Å². The van der Waals surface area contributed by atoms with Crippen LogP contribution in [0.5, 0.6) is 0 Å². The molecule has 0 aromatic carbocycles. The van der Waals surface area contributed by atoms with E-state index in [1.54, 1.807) is 0 Å². The molecule has 1 aliphatic rings. The zero-order valence-corrected chi connectivity index (χ0v) is 11.4. The second-order valence-electron chi connectivity index (χ2n) is 5.97. The zero-order chi connectivity index (χ0) is 12.3. The standard InChI is InChI=1S/C14H25N3/c1-14(2)9-5-4-6-13(14)15-10-7-12-8-11-17(3)16-12/h8,11,13,15H,4-7,9-10H2,1-3H3. The Kier molecular flexibility index (Phi) is 3.87. The van der Waals surface area contributed by atoms with Crippen LogP contribution in [-0.4, -0.2) is 22.4 Å². The summed E-state index contributed by atoms with van der Waals surface area (Å²) in [6.45, 7) is 5.83. The molecule has 0 aliphatic heterocycles. The normalized spacial score (nSPS) is 23.8. The summed E-state index contributed by atoms with van der Waals surface area (Å²) in [5, 5.41) is 8.13. The minimum absolute atomic E-state index is 0.461. The minimum atomic E-state index is 0.461. The van der Waals surface area contributed by atoms with E-state index >= 15 is 0 Å². The Balaban J connectivity index is 1.77. The van der Waals surface area contributed by atoms with Gasteiger partial charge in [0.2, 0.25) is 0 Å². The van der Waals surface area contributed by atoms with Crippen molar-refractivity contribution in [1.29, 1.82) is 0 Å². The Morgan fingerprint density at radius 1 is 1.47 bits per heavy atom. The summed E-state index contributed by atoms with van der Waals surface area (Å²) < 4.78 is 1.87. The van der Waals surface area contributed by atoms with E-state index in [0.29, 0.717) is 11.5 Å². The molecule has 17 heavy (non-hydrogen) atoms. The maximum atomic E-state index is 4.41. The fraction of sp³-hybridized carbons (Fsp3) is 0.786. The number of aryl methyl sites for hydroxylation is 1. The van der Waals surface area contributed by atoms with Crippen molar-refractivity contribution < 1.29 is 0 Å². The Morgan fingerprint density at radius 2 is 2.29 bits per heavy atom. The van der Waals surface area contributed by atoms with Crippen LogP contribution in [0.3, 0.4) is 0 Å². The van der Waals surface area contributed by atoms with Crippen molar-refractivity contribution in [3.63, 3.8) is 0 Å². The molecule has 0 amide bonds. The molecule has 0 spiro atoms. The molecular weight excluding hydrogens is 210 g/mol. The van der Waals surface area contributed by atoms with Gasteiger partial charge in [-0.15, -0.1) is 0 Å². The summed E-state index contributed by atoms with van der Waals surface area (Å²) in [6, 6.07) is 2.79. The van der Waals surface area contributed by atoms with E-state index in [9.17, 15) is 0 Å². The van der Waals surface area contributed by atoms with Crippen LogP contribution < -0.4 is 5.32 Å². The van der Waals surface area contributed by atoms with Gasteiger partial charge >= 0.3 is 0 Å². The van der Waals surface area contributed by atoms with Crippen molar-refractivity contribution in [3.05, 3.63) is 18.0 Å². The highest BCUT2D eigenvalue weighted by molar-refractivity contribution is 4.99. The lowest BCUT2D eigenvalue weighted by Gasteiger charge is -2.39. The molecule has 2 rings (SSSR count). The summed E-state index contributed by atoms with van der Waals surface area (Å²) in [4.78, 5) is 0. The van der Waals surface area contributed by atoms with E-state index in [0.717, 1.165) is 13.0 Å². The van der Waals surface area contributed by atoms with Crippen LogP contribution in [0.2, 0.25) is 0 Å². The van der Waals surface area contributed by atoms with Gasteiger partial charge in [-0.25, -0.2) is 0 Å². The predicted octanol–water partition coefficient (Wildman–Crippen LogP) is 2.52. The predicted molar refractivity (Wildman–Crippen MR) is 71.0 cm³/mol. The number of hydrogen-bond acceptors (Lipinski definition) is 2. The molecule has 1 saturated carbocycles. The molecule has 1 aromatic rings. The monoisotopic (exact) mass is 235 g/mol. The van der Waals surface area contributed by atoms with Crippen molar-refractivity contribution in [2.45, 2.75) is 52.0 Å². The average molecular weight is 235 g/mol. The van der Waals surface area contributed by atoms with E-state index in [1.165, 1.54) is 31.4 Å². The molecule has 3 heteroatoms. The van der Waals surface area contributed by atoms with E-state index in [4.69, 9.17) is 0 Å². The third-order valence-corrected chi connectivity index (χ3v) is 4.05. The fourth-order valence-electron chi connectivity index (χ4n) is 2.84. The van der Waals surface area contributed by atoms with Crippen molar-refractivity contribution in [2.75, 3.05) is 6.54 Å². The first kappa shape index (κ1) is 12.6. The second-order valence-corrected chi connectivity index (χ2v) is 5.97. The number of nitrogens with one attached hydrogen (secondary N) is 1. The van der Waals surface area contributed by atoms with Crippen molar-refractivity contribution in [3.8, 4) is 0 Å². The summed E-state index contributed by atoms with van der Waals surface area (Å²) in [7, 11) is 1.97. The summed E-state index contributed by atoms with van der Waals surface area (Å²) >= 11 is 0.